The Morgan fingerprint density at radius 2 is 1.76 bits per heavy atom. The number of terminal acetylenes is 1. The molecule has 0 bridgehead atoms. The van der Waals surface area contributed by atoms with Crippen molar-refractivity contribution in [3.05, 3.63) is 70.9 Å². The predicted molar refractivity (Wildman–Crippen MR) is 161 cm³/mol. The van der Waals surface area contributed by atoms with Crippen LogP contribution in [0.25, 0.3) is 11.1 Å². The lowest BCUT2D eigenvalue weighted by Crippen LogP contribution is -2.65. The molecule has 0 spiro atoms. The third-order valence-electron chi connectivity index (χ3n) is 9.76. The number of carbonyl (C=O) groups is 3. The minimum Gasteiger partial charge on any atom is -0.372 e. The molecule has 2 unspecified atom stereocenters. The van der Waals surface area contributed by atoms with Crippen LogP contribution in [0.2, 0.25) is 0 Å². The van der Waals surface area contributed by atoms with Crippen molar-refractivity contribution in [2.24, 2.45) is 17.8 Å². The number of likely N-dealkylation sites (tertiary alicyclic amines) is 1. The van der Waals surface area contributed by atoms with Gasteiger partial charge < -0.3 is 20.6 Å². The van der Waals surface area contributed by atoms with E-state index in [0.29, 0.717) is 36.4 Å². The Balaban J connectivity index is 1.42. The number of hydrogen-bond donors (Lipinski definition) is 3. The Hall–Kier alpha value is -4.15. The lowest BCUT2D eigenvalue weighted by Gasteiger charge is -2.46. The summed E-state index contributed by atoms with van der Waals surface area (Å²) in [7, 11) is -4.36. The molecule has 0 aromatic heterocycles. The van der Waals surface area contributed by atoms with Gasteiger partial charge in [0.15, 0.2) is 5.60 Å². The van der Waals surface area contributed by atoms with Gasteiger partial charge in [-0.2, -0.15) is 4.39 Å². The molecule has 3 amide bonds. The van der Waals surface area contributed by atoms with Crippen molar-refractivity contribution < 1.29 is 41.1 Å². The van der Waals surface area contributed by atoms with Crippen LogP contribution in [0.4, 0.5) is 13.2 Å². The normalized spacial score (nSPS) is 29.3. The summed E-state index contributed by atoms with van der Waals surface area (Å²) in [6.07, 6.45) is 5.66. The zero-order valence-corrected chi connectivity index (χ0v) is 25.6. The maximum Gasteiger partial charge on any atom is 0.264 e. The van der Waals surface area contributed by atoms with Crippen LogP contribution in [0.1, 0.15) is 36.8 Å². The maximum absolute atomic E-state index is 15.6. The van der Waals surface area contributed by atoms with E-state index in [1.165, 1.54) is 0 Å². The highest BCUT2D eigenvalue weighted by Crippen LogP contribution is 2.54. The Kier molecular flexibility index (Phi) is 7.60. The van der Waals surface area contributed by atoms with Crippen LogP contribution in [-0.2, 0) is 29.8 Å². The van der Waals surface area contributed by atoms with Gasteiger partial charge in [-0.15, -0.1) is 12.3 Å². The fourth-order valence-electron chi connectivity index (χ4n) is 7.39. The Morgan fingerprint density at radius 1 is 1.15 bits per heavy atom. The van der Waals surface area contributed by atoms with Crippen LogP contribution in [0.15, 0.2) is 59.8 Å². The summed E-state index contributed by atoms with van der Waals surface area (Å²) in [6, 6.07) is 11.3. The fraction of sp³-hybridized carbons (Fsp3) is 0.424. The van der Waals surface area contributed by atoms with Crippen LogP contribution < -0.4 is 10.6 Å². The number of aliphatic hydroxyl groups is 1. The molecule has 242 valence electrons. The van der Waals surface area contributed by atoms with E-state index >= 15 is 8.78 Å². The standard InChI is InChI=1S/C33H32F3N3O6S/c1-3-8-24-27(29(41)38-31(18-26(34)46(2,44)45)17-25(31)21-13-15-37-28(21)40)39(16-14-32(24,35)36)30(42)33(43)22-11-6-4-9-19(22)20-10-5-7-12-23(20)33/h1,4-7,9-12,18,21,24-25,27,43H,8,13-17H2,2H3,(H,37,40)(H,38,41)/b26-18+/t21-,24-,25?,27-,31?/m0/s1. The Bertz CT molecular complexity index is 1780. The highest BCUT2D eigenvalue weighted by atomic mass is 32.2. The first-order valence-corrected chi connectivity index (χ1v) is 16.8. The fourth-order valence-corrected chi connectivity index (χ4v) is 7.82. The number of hydrogen-bond acceptors (Lipinski definition) is 6. The number of sulfone groups is 1. The van der Waals surface area contributed by atoms with Crippen molar-refractivity contribution in [3.63, 3.8) is 0 Å². The molecule has 1 saturated carbocycles. The Labute approximate surface area is 264 Å². The van der Waals surface area contributed by atoms with E-state index in [2.05, 4.69) is 16.6 Å². The van der Waals surface area contributed by atoms with Gasteiger partial charge in [-0.1, -0.05) is 48.5 Å². The second kappa shape index (κ2) is 11.0. The zero-order chi connectivity index (χ0) is 33.2. The second-order valence-electron chi connectivity index (χ2n) is 12.5. The zero-order valence-electron chi connectivity index (χ0n) is 24.8. The van der Waals surface area contributed by atoms with Crippen molar-refractivity contribution in [3.8, 4) is 23.5 Å². The topological polar surface area (TPSA) is 133 Å². The van der Waals surface area contributed by atoms with Gasteiger partial charge in [0.1, 0.15) is 6.04 Å². The van der Waals surface area contributed by atoms with Gasteiger partial charge in [0.2, 0.25) is 26.8 Å². The molecule has 13 heteroatoms. The number of alkyl halides is 2. The molecular formula is C33H32F3N3O6S. The number of nitrogens with zero attached hydrogens (tertiary/aromatic N) is 1. The molecule has 2 aromatic rings. The van der Waals surface area contributed by atoms with E-state index in [-0.39, 0.29) is 23.5 Å². The van der Waals surface area contributed by atoms with Crippen molar-refractivity contribution >= 4 is 27.6 Å². The first-order chi connectivity index (χ1) is 21.7. The van der Waals surface area contributed by atoms with Gasteiger partial charge in [0.25, 0.3) is 11.8 Å². The number of nitrogens with one attached hydrogen (secondary N) is 2. The van der Waals surface area contributed by atoms with Crippen molar-refractivity contribution in [2.75, 3.05) is 19.3 Å². The van der Waals surface area contributed by atoms with E-state index in [1.807, 2.05) is 0 Å². The number of fused-ring (bicyclic) bond motifs is 3. The molecule has 2 aromatic carbocycles. The lowest BCUT2D eigenvalue weighted by atomic mass is 9.80. The number of piperidine rings is 1. The molecular weight excluding hydrogens is 623 g/mol. The average molecular weight is 656 g/mol. The summed E-state index contributed by atoms with van der Waals surface area (Å²) < 4.78 is 70.1. The second-order valence-corrected chi connectivity index (χ2v) is 14.5. The summed E-state index contributed by atoms with van der Waals surface area (Å²) in [4.78, 5) is 42.2. The summed E-state index contributed by atoms with van der Waals surface area (Å²) in [5, 5.41) is 15.9. The van der Waals surface area contributed by atoms with Crippen molar-refractivity contribution in [2.45, 2.75) is 48.8 Å². The smallest absolute Gasteiger partial charge is 0.264 e. The maximum atomic E-state index is 15.6. The number of benzene rings is 2. The molecule has 2 aliphatic heterocycles. The first kappa shape index (κ1) is 31.8. The minimum atomic E-state index is -4.36. The number of amides is 3. The number of halogens is 3. The molecule has 2 aliphatic carbocycles. The highest BCUT2D eigenvalue weighted by molar-refractivity contribution is 7.94. The molecule has 0 radical (unpaired) electrons. The van der Waals surface area contributed by atoms with Gasteiger partial charge in [-0.05, 0) is 36.0 Å². The van der Waals surface area contributed by atoms with E-state index in [9.17, 15) is 32.3 Å². The monoisotopic (exact) mass is 655 g/mol. The Morgan fingerprint density at radius 3 is 2.30 bits per heavy atom. The molecule has 3 fully saturated rings. The van der Waals surface area contributed by atoms with Crippen LogP contribution in [0.5, 0.6) is 0 Å². The third-order valence-corrected chi connectivity index (χ3v) is 10.6. The van der Waals surface area contributed by atoms with E-state index in [0.717, 1.165) is 4.90 Å². The lowest BCUT2D eigenvalue weighted by molar-refractivity contribution is -0.176. The van der Waals surface area contributed by atoms with E-state index in [4.69, 9.17) is 6.42 Å². The number of rotatable bonds is 7. The van der Waals surface area contributed by atoms with Crippen LogP contribution >= 0.6 is 0 Å². The van der Waals surface area contributed by atoms with E-state index in [1.54, 1.807) is 48.5 Å². The van der Waals surface area contributed by atoms with Gasteiger partial charge in [0.05, 0.1) is 11.5 Å². The molecule has 6 rings (SSSR count). The first-order valence-electron chi connectivity index (χ1n) is 14.9. The van der Waals surface area contributed by atoms with Gasteiger partial charge in [0, 0.05) is 49.2 Å². The molecule has 9 nitrogen and oxygen atoms in total. The molecule has 46 heavy (non-hydrogen) atoms. The molecule has 2 heterocycles. The predicted octanol–water partition coefficient (Wildman–Crippen LogP) is 2.65. The van der Waals surface area contributed by atoms with Gasteiger partial charge >= 0.3 is 0 Å². The summed E-state index contributed by atoms with van der Waals surface area (Å²) in [5.74, 6) is -7.15. The van der Waals surface area contributed by atoms with Crippen LogP contribution in [0, 0.1) is 30.1 Å². The summed E-state index contributed by atoms with van der Waals surface area (Å²) in [5.41, 5.74) is -2.47. The molecule has 5 atom stereocenters. The highest BCUT2D eigenvalue weighted by Gasteiger charge is 2.63. The van der Waals surface area contributed by atoms with Crippen molar-refractivity contribution in [1.82, 2.24) is 15.5 Å². The molecule has 3 N–H and O–H groups in total. The summed E-state index contributed by atoms with van der Waals surface area (Å²) >= 11 is 0. The largest absolute Gasteiger partial charge is 0.372 e. The van der Waals surface area contributed by atoms with Crippen molar-refractivity contribution in [1.29, 1.82) is 0 Å². The quantitative estimate of drug-likeness (QED) is 0.393. The van der Waals surface area contributed by atoms with Gasteiger partial charge in [-0.3, -0.25) is 14.4 Å². The SMILES string of the molecule is C#CC[C@H]1[C@@H](C(=O)NC2(/C=C(\F)S(C)(=O)=O)CC2[C@@H]2CCNC2=O)N(C(=O)C2(O)c3ccccc3-c3ccccc32)CCC1(F)F. The minimum absolute atomic E-state index is 0.0404. The molecule has 2 saturated heterocycles. The summed E-state index contributed by atoms with van der Waals surface area (Å²) in [6.45, 7) is -0.294. The third kappa shape index (κ3) is 4.98. The average Bonchev–Trinajstić information content (AvgIpc) is 3.38. The van der Waals surface area contributed by atoms with E-state index < -0.39 is 87.1 Å². The van der Waals surface area contributed by atoms with Crippen LogP contribution in [-0.4, -0.2) is 73.0 Å². The van der Waals surface area contributed by atoms with Gasteiger partial charge in [-0.25, -0.2) is 17.2 Å². The van der Waals surface area contributed by atoms with Crippen LogP contribution in [0.3, 0.4) is 0 Å². The number of carbonyl (C=O) groups excluding carboxylic acids is 3. The molecule has 4 aliphatic rings.